The van der Waals surface area contributed by atoms with Crippen LogP contribution in [0.1, 0.15) is 13.8 Å². The molecule has 0 bridgehead atoms. The molecule has 0 heterocycles. The number of amides is 1. The molecule has 0 fully saturated rings. The Morgan fingerprint density at radius 3 is 2.71 bits per heavy atom. The molecule has 1 amide bonds. The Morgan fingerprint density at radius 1 is 1.43 bits per heavy atom. The summed E-state index contributed by atoms with van der Waals surface area (Å²) in [4.78, 5) is 10.8. The maximum absolute atomic E-state index is 10.8. The van der Waals surface area contributed by atoms with E-state index in [1.807, 2.05) is 0 Å². The van der Waals surface area contributed by atoms with E-state index in [0.29, 0.717) is 25.7 Å². The summed E-state index contributed by atoms with van der Waals surface area (Å²) in [6.07, 6.45) is -0.521. The predicted octanol–water partition coefficient (Wildman–Crippen LogP) is 0.378. The number of nitrogens with one attached hydrogen (secondary N) is 1. The standard InChI is InChI=1S/C9H19NO4/c1-8(2)7-13-5-3-10-9(12)14-6-4-11/h8,11H,3-7H2,1-2H3,(H,10,12). The van der Waals surface area contributed by atoms with Crippen molar-refractivity contribution in [1.82, 2.24) is 5.32 Å². The van der Waals surface area contributed by atoms with Crippen LogP contribution in [0, 0.1) is 5.92 Å². The van der Waals surface area contributed by atoms with Gasteiger partial charge in [0.2, 0.25) is 0 Å². The largest absolute Gasteiger partial charge is 0.447 e. The molecular formula is C9H19NO4. The molecule has 0 saturated heterocycles. The summed E-state index contributed by atoms with van der Waals surface area (Å²) in [5.74, 6) is 0.497. The fourth-order valence-corrected chi connectivity index (χ4v) is 0.734. The van der Waals surface area contributed by atoms with E-state index in [4.69, 9.17) is 9.84 Å². The van der Waals surface area contributed by atoms with E-state index in [1.54, 1.807) is 0 Å². The van der Waals surface area contributed by atoms with Crippen LogP contribution in [0.2, 0.25) is 0 Å². The van der Waals surface area contributed by atoms with Gasteiger partial charge in [0, 0.05) is 13.2 Å². The first-order chi connectivity index (χ1) is 6.66. The highest BCUT2D eigenvalue weighted by Crippen LogP contribution is 1.90. The molecule has 84 valence electrons. The summed E-state index contributed by atoms with van der Waals surface area (Å²) in [7, 11) is 0. The van der Waals surface area contributed by atoms with E-state index >= 15 is 0 Å². The van der Waals surface area contributed by atoms with Gasteiger partial charge >= 0.3 is 6.09 Å². The number of hydrogen-bond donors (Lipinski definition) is 2. The third kappa shape index (κ3) is 9.28. The molecule has 0 saturated carbocycles. The molecule has 0 radical (unpaired) electrons. The number of hydrogen-bond acceptors (Lipinski definition) is 4. The van der Waals surface area contributed by atoms with E-state index in [-0.39, 0.29) is 13.2 Å². The van der Waals surface area contributed by atoms with E-state index in [0.717, 1.165) is 0 Å². The quantitative estimate of drug-likeness (QED) is 0.589. The van der Waals surface area contributed by atoms with Gasteiger partial charge in [-0.15, -0.1) is 0 Å². The van der Waals surface area contributed by atoms with Crippen molar-refractivity contribution in [3.8, 4) is 0 Å². The lowest BCUT2D eigenvalue weighted by atomic mass is 10.2. The molecule has 0 atom stereocenters. The summed E-state index contributed by atoms with van der Waals surface area (Å²) in [5.41, 5.74) is 0. The van der Waals surface area contributed by atoms with Crippen LogP contribution in [-0.2, 0) is 9.47 Å². The molecule has 0 aromatic heterocycles. The van der Waals surface area contributed by atoms with E-state index in [9.17, 15) is 4.79 Å². The predicted molar refractivity (Wildman–Crippen MR) is 52.1 cm³/mol. The number of carbonyl (C=O) groups is 1. The third-order valence-electron chi connectivity index (χ3n) is 1.29. The van der Waals surface area contributed by atoms with Gasteiger partial charge in [-0.2, -0.15) is 0 Å². The van der Waals surface area contributed by atoms with Gasteiger partial charge in [0.05, 0.1) is 13.2 Å². The van der Waals surface area contributed by atoms with E-state index in [2.05, 4.69) is 23.9 Å². The minimum Gasteiger partial charge on any atom is -0.447 e. The molecule has 14 heavy (non-hydrogen) atoms. The average molecular weight is 205 g/mol. The van der Waals surface area contributed by atoms with Crippen LogP contribution in [0.5, 0.6) is 0 Å². The van der Waals surface area contributed by atoms with E-state index < -0.39 is 6.09 Å². The Bertz CT molecular complexity index is 150. The van der Waals surface area contributed by atoms with Crippen molar-refractivity contribution in [2.45, 2.75) is 13.8 Å². The van der Waals surface area contributed by atoms with Crippen molar-refractivity contribution < 1.29 is 19.4 Å². The van der Waals surface area contributed by atoms with Gasteiger partial charge in [0.1, 0.15) is 6.61 Å². The maximum Gasteiger partial charge on any atom is 0.407 e. The molecule has 0 aromatic rings. The molecule has 5 heteroatoms. The number of rotatable bonds is 7. The number of ether oxygens (including phenoxy) is 2. The molecular weight excluding hydrogens is 186 g/mol. The van der Waals surface area contributed by atoms with Gasteiger partial charge in [-0.25, -0.2) is 4.79 Å². The normalized spacial score (nSPS) is 10.3. The molecule has 0 aliphatic carbocycles. The second kappa shape index (κ2) is 8.77. The van der Waals surface area contributed by atoms with E-state index in [1.165, 1.54) is 0 Å². The molecule has 0 unspecified atom stereocenters. The second-order valence-electron chi connectivity index (χ2n) is 3.26. The maximum atomic E-state index is 10.8. The third-order valence-corrected chi connectivity index (χ3v) is 1.29. The molecule has 0 spiro atoms. The number of alkyl carbamates (subject to hydrolysis) is 1. The molecule has 5 nitrogen and oxygen atoms in total. The van der Waals surface area contributed by atoms with Crippen LogP contribution >= 0.6 is 0 Å². The summed E-state index contributed by atoms with van der Waals surface area (Å²) in [5, 5.41) is 10.9. The first kappa shape index (κ1) is 13.2. The summed E-state index contributed by atoms with van der Waals surface area (Å²) in [6, 6.07) is 0. The molecule has 0 rings (SSSR count). The van der Waals surface area contributed by atoms with Crippen LogP contribution in [0.15, 0.2) is 0 Å². The van der Waals surface area contributed by atoms with Crippen LogP contribution in [0.25, 0.3) is 0 Å². The van der Waals surface area contributed by atoms with Crippen molar-refractivity contribution in [1.29, 1.82) is 0 Å². The minimum absolute atomic E-state index is 0.0265. The lowest BCUT2D eigenvalue weighted by Gasteiger charge is -2.08. The fraction of sp³-hybridized carbons (Fsp3) is 0.889. The van der Waals surface area contributed by atoms with Crippen LogP contribution in [0.4, 0.5) is 4.79 Å². The smallest absolute Gasteiger partial charge is 0.407 e. The SMILES string of the molecule is CC(C)COCCNC(=O)OCCO. The van der Waals surface area contributed by atoms with Gasteiger partial charge in [0.15, 0.2) is 0 Å². The van der Waals surface area contributed by atoms with Gasteiger partial charge < -0.3 is 19.9 Å². The zero-order valence-electron chi connectivity index (χ0n) is 8.78. The van der Waals surface area contributed by atoms with Crippen LogP contribution < -0.4 is 5.32 Å². The van der Waals surface area contributed by atoms with Gasteiger partial charge in [-0.1, -0.05) is 13.8 Å². The van der Waals surface area contributed by atoms with Crippen molar-refractivity contribution in [2.24, 2.45) is 5.92 Å². The number of aliphatic hydroxyl groups is 1. The number of carbonyl (C=O) groups excluding carboxylic acids is 1. The van der Waals surface area contributed by atoms with Crippen molar-refractivity contribution in [2.75, 3.05) is 33.0 Å². The molecule has 0 aliphatic rings. The Hall–Kier alpha value is -0.810. The van der Waals surface area contributed by atoms with Gasteiger partial charge in [0.25, 0.3) is 0 Å². The monoisotopic (exact) mass is 205 g/mol. The Labute approximate surface area is 84.4 Å². The average Bonchev–Trinajstić information content (AvgIpc) is 2.13. The molecule has 0 aromatic carbocycles. The Morgan fingerprint density at radius 2 is 2.14 bits per heavy atom. The fourth-order valence-electron chi connectivity index (χ4n) is 0.734. The topological polar surface area (TPSA) is 67.8 Å². The highest BCUT2D eigenvalue weighted by atomic mass is 16.6. The summed E-state index contributed by atoms with van der Waals surface area (Å²) < 4.78 is 9.79. The van der Waals surface area contributed by atoms with Gasteiger partial charge in [-0.3, -0.25) is 0 Å². The summed E-state index contributed by atoms with van der Waals surface area (Å²) >= 11 is 0. The highest BCUT2D eigenvalue weighted by Gasteiger charge is 1.99. The minimum atomic E-state index is -0.521. The van der Waals surface area contributed by atoms with Crippen LogP contribution in [0.3, 0.4) is 0 Å². The van der Waals surface area contributed by atoms with Crippen LogP contribution in [-0.4, -0.2) is 44.2 Å². The zero-order chi connectivity index (χ0) is 10.8. The Balaban J connectivity index is 3.15. The second-order valence-corrected chi connectivity index (χ2v) is 3.26. The Kier molecular flexibility index (Phi) is 8.27. The van der Waals surface area contributed by atoms with Crippen molar-refractivity contribution >= 4 is 6.09 Å². The lowest BCUT2D eigenvalue weighted by Crippen LogP contribution is -2.29. The first-order valence-corrected chi connectivity index (χ1v) is 4.76. The number of aliphatic hydroxyl groups excluding tert-OH is 1. The molecule has 2 N–H and O–H groups in total. The first-order valence-electron chi connectivity index (χ1n) is 4.76. The molecule has 0 aliphatic heterocycles. The summed E-state index contributed by atoms with van der Waals surface area (Å²) in [6.45, 7) is 5.58. The van der Waals surface area contributed by atoms with Gasteiger partial charge in [-0.05, 0) is 5.92 Å². The van der Waals surface area contributed by atoms with Crippen molar-refractivity contribution in [3.63, 3.8) is 0 Å². The van der Waals surface area contributed by atoms with Crippen molar-refractivity contribution in [3.05, 3.63) is 0 Å². The lowest BCUT2D eigenvalue weighted by molar-refractivity contribution is 0.0990. The highest BCUT2D eigenvalue weighted by molar-refractivity contribution is 5.66. The zero-order valence-corrected chi connectivity index (χ0v) is 8.78.